The number of carbonyl (C=O) groups excluding carboxylic acids is 1. The maximum atomic E-state index is 12.1. The Labute approximate surface area is 142 Å². The summed E-state index contributed by atoms with van der Waals surface area (Å²) in [7, 11) is 3.66. The molecule has 8 heteroatoms. The second kappa shape index (κ2) is 7.71. The summed E-state index contributed by atoms with van der Waals surface area (Å²) in [6.07, 6.45) is 0. The summed E-state index contributed by atoms with van der Waals surface area (Å²) in [5, 5.41) is 3.36. The topological polar surface area (TPSA) is 32.3 Å². The first-order chi connectivity index (χ1) is 9.22. The molecule has 0 bridgehead atoms. The van der Waals surface area contributed by atoms with Crippen molar-refractivity contribution in [1.82, 2.24) is 4.90 Å². The van der Waals surface area contributed by atoms with Gasteiger partial charge in [-0.25, -0.2) is 0 Å². The third-order valence-electron chi connectivity index (χ3n) is 2.28. The highest BCUT2D eigenvalue weighted by atomic mass is 35.5. The molecule has 0 spiro atoms. The molecule has 20 heavy (non-hydrogen) atoms. The number of thioether (sulfide) groups is 1. The lowest BCUT2D eigenvalue weighted by atomic mass is 10.3. The fraction of sp³-hybridized carbons (Fsp3) is 0.333. The Morgan fingerprint density at radius 1 is 1.25 bits per heavy atom. The van der Waals surface area contributed by atoms with Crippen molar-refractivity contribution < 1.29 is 4.79 Å². The Morgan fingerprint density at radius 3 is 2.35 bits per heavy atom. The van der Waals surface area contributed by atoms with Gasteiger partial charge in [0.15, 0.2) is 0 Å². The van der Waals surface area contributed by atoms with Gasteiger partial charge in [-0.1, -0.05) is 58.8 Å². The van der Waals surface area contributed by atoms with Gasteiger partial charge in [0, 0.05) is 14.1 Å². The van der Waals surface area contributed by atoms with Crippen molar-refractivity contribution in [3.8, 4) is 0 Å². The van der Waals surface area contributed by atoms with Gasteiger partial charge in [-0.15, -0.1) is 0 Å². The van der Waals surface area contributed by atoms with E-state index in [0.717, 1.165) is 0 Å². The van der Waals surface area contributed by atoms with Gasteiger partial charge < -0.3 is 10.2 Å². The minimum atomic E-state index is -0.351. The molecule has 0 aliphatic rings. The highest BCUT2D eigenvalue weighted by Gasteiger charge is 2.18. The normalized spacial score (nSPS) is 11.9. The molecule has 110 valence electrons. The van der Waals surface area contributed by atoms with Gasteiger partial charge in [-0.3, -0.25) is 4.79 Å². The van der Waals surface area contributed by atoms with Gasteiger partial charge in [-0.05, 0) is 19.1 Å². The lowest BCUT2D eigenvalue weighted by Crippen LogP contribution is -2.27. The summed E-state index contributed by atoms with van der Waals surface area (Å²) in [5.41, 5.74) is 0.425. The van der Waals surface area contributed by atoms with Crippen LogP contribution in [0.3, 0.4) is 0 Å². The quantitative estimate of drug-likeness (QED) is 0.624. The number of nitrogens with one attached hydrogen (secondary N) is 1. The summed E-state index contributed by atoms with van der Waals surface area (Å²) in [6, 6.07) is 3.01. The number of hydrogen-bond donors (Lipinski definition) is 1. The van der Waals surface area contributed by atoms with Gasteiger partial charge in [0.2, 0.25) is 5.91 Å². The van der Waals surface area contributed by atoms with Crippen molar-refractivity contribution >= 4 is 74.7 Å². The van der Waals surface area contributed by atoms with E-state index in [1.165, 1.54) is 23.9 Å². The Bertz CT molecular complexity index is 538. The first kappa shape index (κ1) is 17.9. The van der Waals surface area contributed by atoms with E-state index in [1.54, 1.807) is 11.8 Å². The molecular formula is C12H13Cl3N2OS2. The van der Waals surface area contributed by atoms with Gasteiger partial charge >= 0.3 is 0 Å². The third kappa shape index (κ3) is 4.97. The standard InChI is InChI=1S/C12H13Cl3N2OS2/c1-6(20-12(19)17(2)3)11(18)16-10-5-8(14)7(13)4-9(10)15/h4-6H,1-3H3,(H,16,18). The van der Waals surface area contributed by atoms with Crippen LogP contribution in [-0.4, -0.2) is 34.5 Å². The number of nitrogens with zero attached hydrogens (tertiary/aromatic N) is 1. The monoisotopic (exact) mass is 370 g/mol. The summed E-state index contributed by atoms with van der Waals surface area (Å²) in [6.45, 7) is 1.77. The zero-order valence-electron chi connectivity index (χ0n) is 11.0. The molecular weight excluding hydrogens is 359 g/mol. The first-order valence-corrected chi connectivity index (χ1v) is 7.98. The Kier molecular flexibility index (Phi) is 6.88. The molecule has 0 fully saturated rings. The van der Waals surface area contributed by atoms with Crippen LogP contribution in [-0.2, 0) is 4.79 Å². The molecule has 0 saturated carbocycles. The molecule has 1 rings (SSSR count). The first-order valence-electron chi connectivity index (χ1n) is 5.55. The van der Waals surface area contributed by atoms with Gasteiger partial charge in [-0.2, -0.15) is 0 Å². The second-order valence-electron chi connectivity index (χ2n) is 4.16. The zero-order valence-corrected chi connectivity index (χ0v) is 14.9. The van der Waals surface area contributed by atoms with E-state index in [4.69, 9.17) is 47.0 Å². The van der Waals surface area contributed by atoms with Crippen LogP contribution < -0.4 is 5.32 Å². The van der Waals surface area contributed by atoms with Crippen LogP contribution in [0.1, 0.15) is 6.92 Å². The van der Waals surface area contributed by atoms with Gasteiger partial charge in [0.1, 0.15) is 4.32 Å². The summed E-state index contributed by atoms with van der Waals surface area (Å²) >= 11 is 24.2. The number of carbonyl (C=O) groups is 1. The molecule has 1 aromatic rings. The summed E-state index contributed by atoms with van der Waals surface area (Å²) < 4.78 is 0.632. The minimum absolute atomic E-state index is 0.209. The van der Waals surface area contributed by atoms with Crippen LogP contribution in [0.2, 0.25) is 15.1 Å². The molecule has 1 aromatic carbocycles. The zero-order chi connectivity index (χ0) is 15.4. The van der Waals surface area contributed by atoms with E-state index < -0.39 is 0 Å². The minimum Gasteiger partial charge on any atom is -0.364 e. The predicted molar refractivity (Wildman–Crippen MR) is 93.4 cm³/mol. The summed E-state index contributed by atoms with van der Waals surface area (Å²) in [4.78, 5) is 13.8. The predicted octanol–water partition coefficient (Wildman–Crippen LogP) is 4.55. The van der Waals surface area contributed by atoms with E-state index in [9.17, 15) is 4.79 Å². The van der Waals surface area contributed by atoms with Crippen molar-refractivity contribution in [1.29, 1.82) is 0 Å². The molecule has 0 saturated heterocycles. The number of rotatable bonds is 3. The van der Waals surface area contributed by atoms with E-state index in [1.807, 2.05) is 14.1 Å². The lowest BCUT2D eigenvalue weighted by Gasteiger charge is -2.17. The number of thiocarbonyl (C=S) groups is 1. The molecule has 0 heterocycles. The third-order valence-corrected chi connectivity index (χ3v) is 5.10. The fourth-order valence-electron chi connectivity index (χ4n) is 1.16. The maximum Gasteiger partial charge on any atom is 0.237 e. The van der Waals surface area contributed by atoms with E-state index >= 15 is 0 Å². The van der Waals surface area contributed by atoms with Crippen molar-refractivity contribution in [3.63, 3.8) is 0 Å². The average molecular weight is 372 g/mol. The van der Waals surface area contributed by atoms with Crippen LogP contribution in [0.25, 0.3) is 0 Å². The summed E-state index contributed by atoms with van der Waals surface area (Å²) in [5.74, 6) is -0.209. The van der Waals surface area contributed by atoms with Gasteiger partial charge in [0.05, 0.1) is 26.0 Å². The Hall–Kier alpha value is -0.200. The molecule has 0 aliphatic heterocycles. The van der Waals surface area contributed by atoms with Crippen molar-refractivity contribution in [2.75, 3.05) is 19.4 Å². The average Bonchev–Trinajstić information content (AvgIpc) is 2.35. The van der Waals surface area contributed by atoms with Crippen LogP contribution >= 0.6 is 58.8 Å². The van der Waals surface area contributed by atoms with Gasteiger partial charge in [0.25, 0.3) is 0 Å². The highest BCUT2D eigenvalue weighted by molar-refractivity contribution is 8.23. The van der Waals surface area contributed by atoms with Crippen LogP contribution in [0.15, 0.2) is 12.1 Å². The maximum absolute atomic E-state index is 12.1. The molecule has 1 amide bonds. The van der Waals surface area contributed by atoms with Crippen molar-refractivity contribution in [2.45, 2.75) is 12.2 Å². The number of amides is 1. The van der Waals surface area contributed by atoms with E-state index in [2.05, 4.69) is 5.32 Å². The Balaban J connectivity index is 2.76. The molecule has 3 nitrogen and oxygen atoms in total. The van der Waals surface area contributed by atoms with Crippen molar-refractivity contribution in [3.05, 3.63) is 27.2 Å². The highest BCUT2D eigenvalue weighted by Crippen LogP contribution is 2.32. The van der Waals surface area contributed by atoms with Crippen LogP contribution in [0.5, 0.6) is 0 Å². The van der Waals surface area contributed by atoms with E-state index in [0.29, 0.717) is 25.1 Å². The number of halogens is 3. The SMILES string of the molecule is CC(SC(=S)N(C)C)C(=O)Nc1cc(Cl)c(Cl)cc1Cl. The molecule has 1 atom stereocenters. The number of anilines is 1. The lowest BCUT2D eigenvalue weighted by molar-refractivity contribution is -0.115. The number of benzene rings is 1. The molecule has 1 unspecified atom stereocenters. The molecule has 1 N–H and O–H groups in total. The second-order valence-corrected chi connectivity index (χ2v) is 7.35. The molecule has 0 radical (unpaired) electrons. The molecule has 0 aliphatic carbocycles. The largest absolute Gasteiger partial charge is 0.364 e. The molecule has 0 aromatic heterocycles. The van der Waals surface area contributed by atoms with Crippen LogP contribution in [0.4, 0.5) is 5.69 Å². The number of hydrogen-bond acceptors (Lipinski definition) is 3. The fourth-order valence-corrected chi connectivity index (χ4v) is 2.87. The van der Waals surface area contributed by atoms with E-state index in [-0.39, 0.29) is 11.2 Å². The van der Waals surface area contributed by atoms with Crippen molar-refractivity contribution in [2.24, 2.45) is 0 Å². The van der Waals surface area contributed by atoms with Crippen LogP contribution in [0, 0.1) is 0 Å². The Morgan fingerprint density at radius 2 is 1.80 bits per heavy atom. The smallest absolute Gasteiger partial charge is 0.237 e.